The molecule has 0 fully saturated rings. The fraction of sp³-hybridized carbons (Fsp3) is 0.286. The summed E-state index contributed by atoms with van der Waals surface area (Å²) in [6.07, 6.45) is 1.04. The monoisotopic (exact) mass is 252 g/mol. The highest BCUT2D eigenvalue weighted by Gasteiger charge is 2.14. The Bertz CT molecular complexity index is 496. The molecule has 84 valence electrons. The Balaban J connectivity index is 3.06. The van der Waals surface area contributed by atoms with E-state index in [2.05, 4.69) is 9.71 Å². The molecule has 0 atom stereocenters. The number of pyridine rings is 1. The number of aliphatic hydroxyl groups is 1. The maximum absolute atomic E-state index is 11.5. The molecule has 0 aromatic carbocycles. The van der Waals surface area contributed by atoms with Gasteiger partial charge in [-0.05, 0) is 6.07 Å². The first kappa shape index (κ1) is 12.2. The lowest BCUT2D eigenvalue weighted by molar-refractivity contribution is 0.301. The van der Waals surface area contributed by atoms with Crippen LogP contribution in [0.3, 0.4) is 0 Å². The van der Waals surface area contributed by atoms with E-state index >= 15 is 0 Å². The zero-order valence-corrected chi connectivity index (χ0v) is 9.10. The maximum atomic E-state index is 11.5. The van der Waals surface area contributed by atoms with Gasteiger partial charge in [-0.3, -0.25) is 4.79 Å². The van der Waals surface area contributed by atoms with Crippen LogP contribution in [0.15, 0.2) is 22.0 Å². The van der Waals surface area contributed by atoms with Gasteiger partial charge in [0.15, 0.2) is 0 Å². The SMILES string of the molecule is O=c1[nH]cc(S(=O)(=O)NCCO)cc1Cl. The summed E-state index contributed by atoms with van der Waals surface area (Å²) in [7, 11) is -3.73. The smallest absolute Gasteiger partial charge is 0.266 e. The largest absolute Gasteiger partial charge is 0.395 e. The van der Waals surface area contributed by atoms with Crippen molar-refractivity contribution in [3.05, 3.63) is 27.6 Å². The van der Waals surface area contributed by atoms with Gasteiger partial charge >= 0.3 is 0 Å². The Kier molecular flexibility index (Phi) is 3.86. The average molecular weight is 253 g/mol. The van der Waals surface area contributed by atoms with Gasteiger partial charge in [0.05, 0.1) is 11.5 Å². The van der Waals surface area contributed by atoms with Crippen LogP contribution in [0.25, 0.3) is 0 Å². The number of H-pyrrole nitrogens is 1. The summed E-state index contributed by atoms with van der Waals surface area (Å²) in [4.78, 5) is 12.9. The molecule has 0 unspecified atom stereocenters. The number of sulfonamides is 1. The molecule has 0 saturated heterocycles. The van der Waals surface area contributed by atoms with Crippen molar-refractivity contribution < 1.29 is 13.5 Å². The number of rotatable bonds is 4. The fourth-order valence-corrected chi connectivity index (χ4v) is 2.11. The van der Waals surface area contributed by atoms with Crippen molar-refractivity contribution in [2.75, 3.05) is 13.2 Å². The molecule has 6 nitrogen and oxygen atoms in total. The number of aliphatic hydroxyl groups excluding tert-OH is 1. The van der Waals surface area contributed by atoms with Gasteiger partial charge in [-0.15, -0.1) is 0 Å². The summed E-state index contributed by atoms with van der Waals surface area (Å²) in [5.74, 6) is 0. The van der Waals surface area contributed by atoms with Crippen molar-refractivity contribution in [1.82, 2.24) is 9.71 Å². The van der Waals surface area contributed by atoms with Crippen LogP contribution in [0.5, 0.6) is 0 Å². The van der Waals surface area contributed by atoms with Crippen LogP contribution < -0.4 is 10.3 Å². The third-order valence-corrected chi connectivity index (χ3v) is 3.27. The van der Waals surface area contributed by atoms with Crippen molar-refractivity contribution in [2.45, 2.75) is 4.90 Å². The van der Waals surface area contributed by atoms with E-state index in [1.165, 1.54) is 0 Å². The van der Waals surface area contributed by atoms with Crippen molar-refractivity contribution >= 4 is 21.6 Å². The lowest BCUT2D eigenvalue weighted by Gasteiger charge is -2.04. The molecule has 0 aliphatic carbocycles. The Labute approximate surface area is 91.0 Å². The van der Waals surface area contributed by atoms with Gasteiger partial charge < -0.3 is 10.1 Å². The molecule has 0 aliphatic rings. The van der Waals surface area contributed by atoms with E-state index in [1.807, 2.05) is 0 Å². The molecule has 1 rings (SSSR count). The van der Waals surface area contributed by atoms with Crippen LogP contribution in [0.4, 0.5) is 0 Å². The molecular weight excluding hydrogens is 244 g/mol. The quantitative estimate of drug-likeness (QED) is 0.660. The van der Waals surface area contributed by atoms with E-state index in [1.54, 1.807) is 0 Å². The maximum Gasteiger partial charge on any atom is 0.266 e. The van der Waals surface area contributed by atoms with E-state index in [0.717, 1.165) is 12.3 Å². The Hall–Kier alpha value is -0.890. The highest BCUT2D eigenvalue weighted by atomic mass is 35.5. The van der Waals surface area contributed by atoms with Gasteiger partial charge in [-0.25, -0.2) is 13.1 Å². The second-order valence-corrected chi connectivity index (χ2v) is 4.81. The van der Waals surface area contributed by atoms with Gasteiger partial charge in [0.25, 0.3) is 5.56 Å². The summed E-state index contributed by atoms with van der Waals surface area (Å²) in [5.41, 5.74) is -0.558. The second kappa shape index (κ2) is 4.75. The van der Waals surface area contributed by atoms with Crippen molar-refractivity contribution in [3.8, 4) is 0 Å². The molecule has 0 aliphatic heterocycles. The molecule has 8 heteroatoms. The molecule has 0 bridgehead atoms. The van der Waals surface area contributed by atoms with Gasteiger partial charge in [0, 0.05) is 12.7 Å². The lowest BCUT2D eigenvalue weighted by atomic mass is 10.5. The van der Waals surface area contributed by atoms with Crippen LogP contribution in [-0.4, -0.2) is 31.7 Å². The molecule has 3 N–H and O–H groups in total. The van der Waals surface area contributed by atoms with Crippen LogP contribution in [-0.2, 0) is 10.0 Å². The van der Waals surface area contributed by atoms with E-state index < -0.39 is 15.6 Å². The first-order chi connectivity index (χ1) is 6.97. The van der Waals surface area contributed by atoms with Crippen molar-refractivity contribution in [1.29, 1.82) is 0 Å². The number of hydrogen-bond donors (Lipinski definition) is 3. The highest BCUT2D eigenvalue weighted by Crippen LogP contribution is 2.09. The van der Waals surface area contributed by atoms with Crippen LogP contribution in [0.2, 0.25) is 5.02 Å². The molecular formula is C7H9ClN2O4S. The van der Waals surface area contributed by atoms with Crippen molar-refractivity contribution in [2.24, 2.45) is 0 Å². The lowest BCUT2D eigenvalue weighted by Crippen LogP contribution is -2.27. The van der Waals surface area contributed by atoms with Crippen molar-refractivity contribution in [3.63, 3.8) is 0 Å². The molecule has 1 aromatic heterocycles. The molecule has 1 heterocycles. The van der Waals surface area contributed by atoms with Crippen LogP contribution in [0.1, 0.15) is 0 Å². The first-order valence-electron chi connectivity index (χ1n) is 3.96. The summed E-state index contributed by atoms with van der Waals surface area (Å²) in [6, 6.07) is 1.04. The predicted molar refractivity (Wildman–Crippen MR) is 54.3 cm³/mol. The van der Waals surface area contributed by atoms with Gasteiger partial charge in [-0.1, -0.05) is 11.6 Å². The van der Waals surface area contributed by atoms with Gasteiger partial charge in [0.1, 0.15) is 5.02 Å². The number of aromatic nitrogens is 1. The summed E-state index contributed by atoms with van der Waals surface area (Å²) < 4.78 is 25.0. The number of hydrogen-bond acceptors (Lipinski definition) is 4. The van der Waals surface area contributed by atoms with Gasteiger partial charge in [0.2, 0.25) is 10.0 Å². The molecule has 15 heavy (non-hydrogen) atoms. The minimum absolute atomic E-state index is 0.0981. The fourth-order valence-electron chi connectivity index (χ4n) is 0.856. The summed E-state index contributed by atoms with van der Waals surface area (Å²) in [5, 5.41) is 8.26. The minimum atomic E-state index is -3.73. The van der Waals surface area contributed by atoms with E-state index in [4.69, 9.17) is 16.7 Å². The average Bonchev–Trinajstić information content (AvgIpc) is 2.19. The second-order valence-electron chi connectivity index (χ2n) is 2.63. The topological polar surface area (TPSA) is 99.3 Å². The third kappa shape index (κ3) is 3.03. The summed E-state index contributed by atoms with van der Waals surface area (Å²) in [6.45, 7) is -0.407. The molecule has 1 aromatic rings. The van der Waals surface area contributed by atoms with E-state index in [0.29, 0.717) is 0 Å². The van der Waals surface area contributed by atoms with Gasteiger partial charge in [-0.2, -0.15) is 0 Å². The van der Waals surface area contributed by atoms with Crippen LogP contribution in [0, 0.1) is 0 Å². The van der Waals surface area contributed by atoms with E-state index in [-0.39, 0.29) is 23.1 Å². The molecule has 0 saturated carbocycles. The number of aromatic amines is 1. The molecule has 0 amide bonds. The van der Waals surface area contributed by atoms with Crippen LogP contribution >= 0.6 is 11.6 Å². The molecule has 0 radical (unpaired) electrons. The number of halogens is 1. The zero-order chi connectivity index (χ0) is 11.5. The normalized spacial score (nSPS) is 11.6. The third-order valence-electron chi connectivity index (χ3n) is 1.55. The Morgan fingerprint density at radius 3 is 2.73 bits per heavy atom. The zero-order valence-electron chi connectivity index (χ0n) is 7.53. The highest BCUT2D eigenvalue weighted by molar-refractivity contribution is 7.89. The van der Waals surface area contributed by atoms with E-state index in [9.17, 15) is 13.2 Å². The number of nitrogens with one attached hydrogen (secondary N) is 2. The molecule has 0 spiro atoms. The Morgan fingerprint density at radius 1 is 1.53 bits per heavy atom. The minimum Gasteiger partial charge on any atom is -0.395 e. The predicted octanol–water partition coefficient (Wildman–Crippen LogP) is -0.701. The summed E-state index contributed by atoms with van der Waals surface area (Å²) >= 11 is 5.47. The first-order valence-corrected chi connectivity index (χ1v) is 5.82. The standard InChI is InChI=1S/C7H9ClN2O4S/c8-6-3-5(4-9-7(6)12)15(13,14)10-1-2-11/h3-4,10-11H,1-2H2,(H,9,12). The Morgan fingerprint density at radius 2 is 2.20 bits per heavy atom.